The van der Waals surface area contributed by atoms with Crippen molar-refractivity contribution in [1.82, 2.24) is 24.9 Å². The van der Waals surface area contributed by atoms with Gasteiger partial charge in [-0.1, -0.05) is 12.1 Å². The Balaban J connectivity index is 1.70. The maximum atomic E-state index is 12.5. The van der Waals surface area contributed by atoms with Crippen molar-refractivity contribution in [2.75, 3.05) is 19.4 Å². The molecule has 0 aliphatic heterocycles. The molecule has 3 rings (SSSR count). The second kappa shape index (κ2) is 7.53. The molecule has 26 heavy (non-hydrogen) atoms. The van der Waals surface area contributed by atoms with E-state index in [9.17, 15) is 4.79 Å². The van der Waals surface area contributed by atoms with Gasteiger partial charge in [-0.05, 0) is 51.7 Å². The van der Waals surface area contributed by atoms with Crippen molar-refractivity contribution < 1.29 is 4.79 Å². The molecule has 2 aromatic heterocycles. The normalized spacial score (nSPS) is 11.1. The van der Waals surface area contributed by atoms with Crippen molar-refractivity contribution in [3.05, 3.63) is 64.6 Å². The van der Waals surface area contributed by atoms with Crippen LogP contribution < -0.4 is 5.32 Å². The Morgan fingerprint density at radius 1 is 1.23 bits per heavy atom. The van der Waals surface area contributed by atoms with Crippen molar-refractivity contribution in [2.45, 2.75) is 26.9 Å². The first-order valence-electron chi connectivity index (χ1n) is 8.51. The number of nitrogens with one attached hydrogen (secondary N) is 2. The van der Waals surface area contributed by atoms with E-state index in [2.05, 4.69) is 20.6 Å². The Kier molecular flexibility index (Phi) is 5.18. The minimum atomic E-state index is -0.178. The van der Waals surface area contributed by atoms with Crippen LogP contribution in [-0.2, 0) is 13.1 Å². The van der Waals surface area contributed by atoms with E-state index in [1.807, 2.05) is 67.9 Å². The highest BCUT2D eigenvalue weighted by Crippen LogP contribution is 2.13. The lowest BCUT2D eigenvalue weighted by molar-refractivity contribution is 0.102. The van der Waals surface area contributed by atoms with Crippen molar-refractivity contribution in [1.29, 1.82) is 0 Å². The van der Waals surface area contributed by atoms with Gasteiger partial charge in [0.25, 0.3) is 5.91 Å². The molecule has 0 aliphatic rings. The number of benzene rings is 1. The molecule has 1 aromatic carbocycles. The van der Waals surface area contributed by atoms with E-state index in [4.69, 9.17) is 0 Å². The van der Waals surface area contributed by atoms with Gasteiger partial charge in [-0.2, -0.15) is 10.2 Å². The van der Waals surface area contributed by atoms with Gasteiger partial charge in [0.1, 0.15) is 0 Å². The summed E-state index contributed by atoms with van der Waals surface area (Å²) in [6.07, 6.45) is 0. The number of amides is 1. The predicted octanol–water partition coefficient (Wildman–Crippen LogP) is 2.59. The Morgan fingerprint density at radius 3 is 2.73 bits per heavy atom. The summed E-state index contributed by atoms with van der Waals surface area (Å²) in [5, 5.41) is 14.4. The Morgan fingerprint density at radius 2 is 2.04 bits per heavy atom. The van der Waals surface area contributed by atoms with Gasteiger partial charge in [0.2, 0.25) is 0 Å². The van der Waals surface area contributed by atoms with E-state index in [1.54, 1.807) is 6.07 Å². The number of hydrogen-bond acceptors (Lipinski definition) is 4. The van der Waals surface area contributed by atoms with Gasteiger partial charge in [-0.15, -0.1) is 0 Å². The van der Waals surface area contributed by atoms with Crippen LogP contribution in [0.4, 0.5) is 5.82 Å². The maximum Gasteiger partial charge on any atom is 0.256 e. The summed E-state index contributed by atoms with van der Waals surface area (Å²) in [7, 11) is 3.96. The highest BCUT2D eigenvalue weighted by molar-refractivity contribution is 6.03. The van der Waals surface area contributed by atoms with Gasteiger partial charge in [0, 0.05) is 23.9 Å². The van der Waals surface area contributed by atoms with Crippen LogP contribution in [0, 0.1) is 13.8 Å². The topological polar surface area (TPSA) is 78.8 Å². The van der Waals surface area contributed by atoms with E-state index < -0.39 is 0 Å². The third-order valence-electron chi connectivity index (χ3n) is 3.98. The molecule has 7 nitrogen and oxygen atoms in total. The molecule has 7 heteroatoms. The smallest absolute Gasteiger partial charge is 0.256 e. The third-order valence-corrected chi connectivity index (χ3v) is 3.98. The number of H-pyrrole nitrogens is 1. The van der Waals surface area contributed by atoms with Gasteiger partial charge in [-0.3, -0.25) is 14.6 Å². The van der Waals surface area contributed by atoms with E-state index in [0.29, 0.717) is 17.9 Å². The summed E-state index contributed by atoms with van der Waals surface area (Å²) in [5.74, 6) is 0.346. The summed E-state index contributed by atoms with van der Waals surface area (Å²) in [6, 6.07) is 11.5. The van der Waals surface area contributed by atoms with Gasteiger partial charge in [0.15, 0.2) is 5.82 Å². The largest absolute Gasteiger partial charge is 0.305 e. The van der Waals surface area contributed by atoms with Crippen LogP contribution in [-0.4, -0.2) is 44.9 Å². The fourth-order valence-corrected chi connectivity index (χ4v) is 2.85. The van der Waals surface area contributed by atoms with Gasteiger partial charge >= 0.3 is 0 Å². The van der Waals surface area contributed by atoms with E-state index in [-0.39, 0.29) is 5.91 Å². The zero-order valence-electron chi connectivity index (χ0n) is 15.6. The Labute approximate surface area is 153 Å². The van der Waals surface area contributed by atoms with Gasteiger partial charge < -0.3 is 10.2 Å². The summed E-state index contributed by atoms with van der Waals surface area (Å²) in [6.45, 7) is 5.37. The lowest BCUT2D eigenvalue weighted by Gasteiger charge is -2.07. The fourth-order valence-electron chi connectivity index (χ4n) is 2.85. The molecule has 0 fully saturated rings. The monoisotopic (exact) mass is 352 g/mol. The number of aryl methyl sites for hydroxylation is 2. The molecule has 0 spiro atoms. The van der Waals surface area contributed by atoms with Crippen molar-refractivity contribution in [3.8, 4) is 0 Å². The van der Waals surface area contributed by atoms with E-state index in [1.165, 1.54) is 0 Å². The fraction of sp³-hybridized carbons (Fsp3) is 0.316. The number of carbonyl (C=O) groups is 1. The molecule has 0 aliphatic carbocycles. The number of aromatic nitrogens is 4. The van der Waals surface area contributed by atoms with Crippen LogP contribution in [0.25, 0.3) is 0 Å². The lowest BCUT2D eigenvalue weighted by Crippen LogP contribution is -2.13. The van der Waals surface area contributed by atoms with Crippen LogP contribution >= 0.6 is 0 Å². The summed E-state index contributed by atoms with van der Waals surface area (Å²) in [5.41, 5.74) is 4.66. The molecule has 2 heterocycles. The molecular formula is C19H24N6O. The Hall–Kier alpha value is -2.93. The lowest BCUT2D eigenvalue weighted by atomic mass is 10.1. The molecule has 0 radical (unpaired) electrons. The standard InChI is InChI=1S/C19H24N6O/c1-13-8-14(2)25(23-13)11-15-6-5-7-16(9-15)19(26)20-18-10-17(21-22-18)12-24(3)4/h5-10H,11-12H2,1-4H3,(H2,20,21,22,26). The molecular weight excluding hydrogens is 328 g/mol. The molecule has 0 unspecified atom stereocenters. The van der Waals surface area contributed by atoms with Crippen LogP contribution in [0.2, 0.25) is 0 Å². The molecule has 136 valence electrons. The highest BCUT2D eigenvalue weighted by atomic mass is 16.1. The van der Waals surface area contributed by atoms with Crippen LogP contribution in [0.15, 0.2) is 36.4 Å². The quantitative estimate of drug-likeness (QED) is 0.715. The number of aromatic amines is 1. The van der Waals surface area contributed by atoms with Crippen molar-refractivity contribution in [2.24, 2.45) is 0 Å². The minimum Gasteiger partial charge on any atom is -0.305 e. The van der Waals surface area contributed by atoms with Crippen LogP contribution in [0.1, 0.15) is 33.0 Å². The zero-order valence-corrected chi connectivity index (χ0v) is 15.6. The average molecular weight is 352 g/mol. The van der Waals surface area contributed by atoms with E-state index >= 15 is 0 Å². The minimum absolute atomic E-state index is 0.178. The number of anilines is 1. The first-order valence-corrected chi connectivity index (χ1v) is 8.51. The zero-order chi connectivity index (χ0) is 18.7. The third kappa shape index (κ3) is 4.37. The van der Waals surface area contributed by atoms with Crippen LogP contribution in [0.3, 0.4) is 0 Å². The number of carbonyl (C=O) groups excluding carboxylic acids is 1. The van der Waals surface area contributed by atoms with Crippen molar-refractivity contribution in [3.63, 3.8) is 0 Å². The van der Waals surface area contributed by atoms with Crippen LogP contribution in [0.5, 0.6) is 0 Å². The van der Waals surface area contributed by atoms with Crippen molar-refractivity contribution >= 4 is 11.7 Å². The highest BCUT2D eigenvalue weighted by Gasteiger charge is 2.10. The number of hydrogen-bond donors (Lipinski definition) is 2. The molecule has 2 N–H and O–H groups in total. The first kappa shape index (κ1) is 17.9. The first-order chi connectivity index (χ1) is 12.4. The second-order valence-corrected chi connectivity index (χ2v) is 6.76. The van der Waals surface area contributed by atoms with Gasteiger partial charge in [-0.25, -0.2) is 0 Å². The maximum absolute atomic E-state index is 12.5. The van der Waals surface area contributed by atoms with E-state index in [0.717, 1.165) is 29.2 Å². The molecule has 0 saturated heterocycles. The SMILES string of the molecule is Cc1cc(C)n(Cc2cccc(C(=O)Nc3cc(CN(C)C)[nH]n3)c2)n1. The molecule has 0 bridgehead atoms. The molecule has 0 atom stereocenters. The second-order valence-electron chi connectivity index (χ2n) is 6.76. The summed E-state index contributed by atoms with van der Waals surface area (Å²) >= 11 is 0. The summed E-state index contributed by atoms with van der Waals surface area (Å²) in [4.78, 5) is 14.6. The number of rotatable bonds is 6. The summed E-state index contributed by atoms with van der Waals surface area (Å²) < 4.78 is 1.94. The average Bonchev–Trinajstić information content (AvgIpc) is 3.13. The molecule has 1 amide bonds. The number of nitrogens with zero attached hydrogens (tertiary/aromatic N) is 4. The van der Waals surface area contributed by atoms with Gasteiger partial charge in [0.05, 0.1) is 17.9 Å². The molecule has 3 aromatic rings. The Bertz CT molecular complexity index is 908. The predicted molar refractivity (Wildman–Crippen MR) is 101 cm³/mol. The molecule has 0 saturated carbocycles.